The van der Waals surface area contributed by atoms with Crippen molar-refractivity contribution in [1.82, 2.24) is 5.32 Å². The number of nitrogens with two attached hydrogens (primary N) is 1. The largest absolute Gasteiger partial charge is 0.322 e. The Balaban J connectivity index is 2.67. The number of aliphatic imine (C=N–C) groups is 1. The second-order valence-electron chi connectivity index (χ2n) is 2.05. The highest BCUT2D eigenvalue weighted by atomic mass is 16.2. The van der Waals surface area contributed by atoms with Crippen molar-refractivity contribution in [3.05, 3.63) is 0 Å². The number of rotatable bonds is 0. The average molecular weight is 127 g/mol. The molecule has 0 aromatic heterocycles. The average Bonchev–Trinajstić information content (AvgIpc) is 1.59. The van der Waals surface area contributed by atoms with Gasteiger partial charge in [-0.25, -0.2) is 0 Å². The van der Waals surface area contributed by atoms with Crippen molar-refractivity contribution in [2.45, 2.75) is 19.6 Å². The van der Waals surface area contributed by atoms with Crippen LogP contribution in [0.2, 0.25) is 0 Å². The first-order valence-electron chi connectivity index (χ1n) is 2.77. The highest BCUT2D eigenvalue weighted by Gasteiger charge is 2.12. The number of carbonyl (C=O) groups is 1. The third kappa shape index (κ3) is 1.50. The number of amides is 1. The normalized spacial score (nSPS) is 27.1. The fraction of sp³-hybridized carbons (Fsp3) is 0.600. The molecule has 1 aliphatic heterocycles. The molecule has 1 atom stereocenters. The predicted molar refractivity (Wildman–Crippen MR) is 33.8 cm³/mol. The molecule has 0 aromatic carbocycles. The molecule has 1 rings (SSSR count). The van der Waals surface area contributed by atoms with Gasteiger partial charge in [0.2, 0.25) is 5.91 Å². The highest BCUT2D eigenvalue weighted by Crippen LogP contribution is 1.94. The lowest BCUT2D eigenvalue weighted by Gasteiger charge is -2.15. The van der Waals surface area contributed by atoms with Gasteiger partial charge in [0.15, 0.2) is 6.29 Å². The van der Waals surface area contributed by atoms with E-state index >= 15 is 0 Å². The minimum atomic E-state index is -0.522. The maximum absolute atomic E-state index is 10.6. The summed E-state index contributed by atoms with van der Waals surface area (Å²) < 4.78 is 0. The van der Waals surface area contributed by atoms with E-state index < -0.39 is 6.29 Å². The maximum atomic E-state index is 10.6. The summed E-state index contributed by atoms with van der Waals surface area (Å²) in [5.41, 5.74) is 6.09. The zero-order valence-electron chi connectivity index (χ0n) is 5.22. The molecule has 0 aromatic rings. The Hall–Kier alpha value is -0.900. The van der Waals surface area contributed by atoms with E-state index in [9.17, 15) is 4.79 Å². The fourth-order valence-corrected chi connectivity index (χ4v) is 0.764. The summed E-state index contributed by atoms with van der Waals surface area (Å²) in [6.07, 6.45) is -0.139. The van der Waals surface area contributed by atoms with Gasteiger partial charge in [0.25, 0.3) is 0 Å². The van der Waals surface area contributed by atoms with Gasteiger partial charge in [-0.1, -0.05) is 0 Å². The van der Waals surface area contributed by atoms with Crippen LogP contribution in [0.25, 0.3) is 0 Å². The Bertz CT molecular complexity index is 164. The predicted octanol–water partition coefficient (Wildman–Crippen LogP) is -0.790. The number of carbonyl (C=O) groups excluding carboxylic acids is 1. The lowest BCUT2D eigenvalue weighted by atomic mass is 10.2. The van der Waals surface area contributed by atoms with Crippen LogP contribution in [0.3, 0.4) is 0 Å². The molecule has 1 aliphatic rings. The number of hydrogen-bond donors (Lipinski definition) is 2. The van der Waals surface area contributed by atoms with Gasteiger partial charge in [0.05, 0.1) is 6.42 Å². The SMILES string of the molecule is CC1=NC(N)NC(=O)C1. The van der Waals surface area contributed by atoms with Gasteiger partial charge in [-0.2, -0.15) is 0 Å². The van der Waals surface area contributed by atoms with Crippen molar-refractivity contribution in [3.8, 4) is 0 Å². The Kier molecular flexibility index (Phi) is 1.48. The molecule has 1 heterocycles. The molecule has 4 heteroatoms. The van der Waals surface area contributed by atoms with Crippen LogP contribution in [0.1, 0.15) is 13.3 Å². The number of nitrogens with zero attached hydrogens (tertiary/aromatic N) is 1. The molecule has 0 aliphatic carbocycles. The van der Waals surface area contributed by atoms with E-state index in [4.69, 9.17) is 5.73 Å². The van der Waals surface area contributed by atoms with Crippen LogP contribution < -0.4 is 11.1 Å². The molecule has 1 unspecified atom stereocenters. The lowest BCUT2D eigenvalue weighted by molar-refractivity contribution is -0.120. The van der Waals surface area contributed by atoms with Crippen LogP contribution in [0, 0.1) is 0 Å². The van der Waals surface area contributed by atoms with Crippen molar-refractivity contribution in [3.63, 3.8) is 0 Å². The smallest absolute Gasteiger partial charge is 0.228 e. The summed E-state index contributed by atoms with van der Waals surface area (Å²) in [6.45, 7) is 1.79. The van der Waals surface area contributed by atoms with Gasteiger partial charge < -0.3 is 5.32 Å². The number of hydrogen-bond acceptors (Lipinski definition) is 3. The van der Waals surface area contributed by atoms with Crippen molar-refractivity contribution in [1.29, 1.82) is 0 Å². The van der Waals surface area contributed by atoms with E-state index in [0.717, 1.165) is 5.71 Å². The zero-order chi connectivity index (χ0) is 6.85. The van der Waals surface area contributed by atoms with Crippen LogP contribution in [0.15, 0.2) is 4.99 Å². The molecular weight excluding hydrogens is 118 g/mol. The summed E-state index contributed by atoms with van der Waals surface area (Å²) in [7, 11) is 0. The van der Waals surface area contributed by atoms with Crippen LogP contribution >= 0.6 is 0 Å². The van der Waals surface area contributed by atoms with E-state index in [0.29, 0.717) is 6.42 Å². The lowest BCUT2D eigenvalue weighted by Crippen LogP contribution is -2.44. The van der Waals surface area contributed by atoms with Crippen LogP contribution in [0.5, 0.6) is 0 Å². The van der Waals surface area contributed by atoms with Crippen LogP contribution in [-0.2, 0) is 4.79 Å². The van der Waals surface area contributed by atoms with E-state index in [2.05, 4.69) is 10.3 Å². The first-order chi connectivity index (χ1) is 4.18. The molecule has 0 saturated heterocycles. The van der Waals surface area contributed by atoms with E-state index in [1.165, 1.54) is 0 Å². The second-order valence-corrected chi connectivity index (χ2v) is 2.05. The Morgan fingerprint density at radius 3 is 3.00 bits per heavy atom. The molecule has 0 saturated carbocycles. The van der Waals surface area contributed by atoms with Crippen LogP contribution in [-0.4, -0.2) is 17.9 Å². The summed E-state index contributed by atoms with van der Waals surface area (Å²) in [5, 5.41) is 2.46. The van der Waals surface area contributed by atoms with Crippen molar-refractivity contribution in [2.24, 2.45) is 10.7 Å². The van der Waals surface area contributed by atoms with Crippen molar-refractivity contribution >= 4 is 11.6 Å². The molecular formula is C5H9N3O. The minimum absolute atomic E-state index is 0.0463. The Labute approximate surface area is 53.1 Å². The highest BCUT2D eigenvalue weighted by molar-refractivity contribution is 6.01. The topological polar surface area (TPSA) is 67.5 Å². The first kappa shape index (κ1) is 6.22. The van der Waals surface area contributed by atoms with Gasteiger partial charge in [-0.05, 0) is 6.92 Å². The fourth-order valence-electron chi connectivity index (χ4n) is 0.764. The standard InChI is InChI=1S/C5H9N3O/c1-3-2-4(9)8-5(6)7-3/h5H,2,6H2,1H3,(H,8,9). The molecule has 50 valence electrons. The summed E-state index contributed by atoms with van der Waals surface area (Å²) >= 11 is 0. The zero-order valence-corrected chi connectivity index (χ0v) is 5.22. The molecule has 0 spiro atoms. The summed E-state index contributed by atoms with van der Waals surface area (Å²) in [5.74, 6) is -0.0463. The second kappa shape index (κ2) is 2.14. The molecule has 0 radical (unpaired) electrons. The summed E-state index contributed by atoms with van der Waals surface area (Å²) in [6, 6.07) is 0. The van der Waals surface area contributed by atoms with Gasteiger partial charge >= 0.3 is 0 Å². The first-order valence-corrected chi connectivity index (χ1v) is 2.77. The quantitative estimate of drug-likeness (QED) is 0.447. The van der Waals surface area contributed by atoms with Crippen molar-refractivity contribution in [2.75, 3.05) is 0 Å². The third-order valence-electron chi connectivity index (χ3n) is 1.08. The van der Waals surface area contributed by atoms with E-state index in [1.54, 1.807) is 6.92 Å². The third-order valence-corrected chi connectivity index (χ3v) is 1.08. The molecule has 3 N–H and O–H groups in total. The molecule has 0 fully saturated rings. The van der Waals surface area contributed by atoms with E-state index in [-0.39, 0.29) is 5.91 Å². The molecule has 0 bridgehead atoms. The number of nitrogens with one attached hydrogen (secondary N) is 1. The Morgan fingerprint density at radius 2 is 2.56 bits per heavy atom. The maximum Gasteiger partial charge on any atom is 0.228 e. The van der Waals surface area contributed by atoms with Gasteiger partial charge in [-0.15, -0.1) is 0 Å². The molecule has 9 heavy (non-hydrogen) atoms. The van der Waals surface area contributed by atoms with Crippen molar-refractivity contribution < 1.29 is 4.79 Å². The summed E-state index contributed by atoms with van der Waals surface area (Å²) in [4.78, 5) is 14.5. The van der Waals surface area contributed by atoms with Gasteiger partial charge in [0, 0.05) is 5.71 Å². The molecule has 4 nitrogen and oxygen atoms in total. The molecule has 1 amide bonds. The van der Waals surface area contributed by atoms with E-state index in [1.807, 2.05) is 0 Å². The Morgan fingerprint density at radius 1 is 1.89 bits per heavy atom. The van der Waals surface area contributed by atoms with Crippen LogP contribution in [0.4, 0.5) is 0 Å². The minimum Gasteiger partial charge on any atom is -0.322 e. The van der Waals surface area contributed by atoms with Gasteiger partial charge in [-0.3, -0.25) is 15.5 Å². The monoisotopic (exact) mass is 127 g/mol. The van der Waals surface area contributed by atoms with Gasteiger partial charge in [0.1, 0.15) is 0 Å².